The van der Waals surface area contributed by atoms with Crippen LogP contribution >= 0.6 is 0 Å². The van der Waals surface area contributed by atoms with Gasteiger partial charge in [-0.1, -0.05) is 6.07 Å². The highest BCUT2D eigenvalue weighted by atomic mass is 16.7. The van der Waals surface area contributed by atoms with Crippen LogP contribution in [0.4, 0.5) is 5.69 Å². The number of ether oxygens (including phenoxy) is 2. The molecule has 0 aliphatic carbocycles. The number of aliphatic hydroxyl groups excluding tert-OH is 3. The molecular weight excluding hydrogens is 322 g/mol. The van der Waals surface area contributed by atoms with Gasteiger partial charge in [0.1, 0.15) is 24.1 Å². The third-order valence-electron chi connectivity index (χ3n) is 3.50. The summed E-state index contributed by atoms with van der Waals surface area (Å²) in [6.45, 7) is 3.10. The van der Waals surface area contributed by atoms with E-state index >= 15 is 0 Å². The van der Waals surface area contributed by atoms with Gasteiger partial charge in [0.05, 0.1) is 5.69 Å². The van der Waals surface area contributed by atoms with Gasteiger partial charge in [-0.25, -0.2) is 4.79 Å². The lowest BCUT2D eigenvalue weighted by molar-refractivity contribution is -0.271. The van der Waals surface area contributed by atoms with E-state index in [1.165, 1.54) is 13.0 Å². The molecule has 0 aromatic heterocycles. The zero-order valence-electron chi connectivity index (χ0n) is 13.0. The molecule has 1 heterocycles. The largest absolute Gasteiger partial charge is 0.479 e. The quantitative estimate of drug-likeness (QED) is 0.480. The van der Waals surface area contributed by atoms with Gasteiger partial charge < -0.3 is 35.2 Å². The second-order valence-electron chi connectivity index (χ2n) is 5.53. The summed E-state index contributed by atoms with van der Waals surface area (Å²) < 4.78 is 10.5. The third kappa shape index (κ3) is 3.82. The van der Waals surface area contributed by atoms with Crippen LogP contribution in [0, 0.1) is 6.92 Å². The molecule has 24 heavy (non-hydrogen) atoms. The Morgan fingerprint density at radius 2 is 1.83 bits per heavy atom. The van der Waals surface area contributed by atoms with E-state index in [0.29, 0.717) is 5.69 Å². The topological polar surface area (TPSA) is 146 Å². The molecule has 1 fully saturated rings. The number of rotatable bonds is 4. The number of carbonyl (C=O) groups excluding carboxylic acids is 1. The fraction of sp³-hybridized carbons (Fsp3) is 0.467. The highest BCUT2D eigenvalue weighted by Crippen LogP contribution is 2.30. The monoisotopic (exact) mass is 341 g/mol. The van der Waals surface area contributed by atoms with Gasteiger partial charge in [0, 0.05) is 6.92 Å². The molecule has 0 spiro atoms. The van der Waals surface area contributed by atoms with Crippen LogP contribution in [-0.4, -0.2) is 63.0 Å². The van der Waals surface area contributed by atoms with Gasteiger partial charge in [-0.05, 0) is 24.6 Å². The number of aryl methyl sites for hydroxylation is 1. The second kappa shape index (κ2) is 7.14. The third-order valence-corrected chi connectivity index (χ3v) is 3.50. The summed E-state index contributed by atoms with van der Waals surface area (Å²) in [5, 5.41) is 40.9. The molecule has 0 saturated carbocycles. The summed E-state index contributed by atoms with van der Waals surface area (Å²) in [6.07, 6.45) is -8.55. The van der Waals surface area contributed by atoms with Crippen LogP contribution in [0.15, 0.2) is 18.2 Å². The van der Waals surface area contributed by atoms with E-state index in [4.69, 9.17) is 14.6 Å². The Kier molecular flexibility index (Phi) is 5.40. The Balaban J connectivity index is 2.26. The number of hydrogen-bond acceptors (Lipinski definition) is 7. The van der Waals surface area contributed by atoms with E-state index in [1.54, 1.807) is 19.1 Å². The Bertz CT molecular complexity index is 634. The number of hydrogen-bond donors (Lipinski definition) is 5. The van der Waals surface area contributed by atoms with Gasteiger partial charge in [-0.15, -0.1) is 0 Å². The summed E-state index contributed by atoms with van der Waals surface area (Å²) in [5.74, 6) is -1.74. The fourth-order valence-corrected chi connectivity index (χ4v) is 2.31. The highest BCUT2D eigenvalue weighted by Gasteiger charge is 2.48. The van der Waals surface area contributed by atoms with Gasteiger partial charge in [0.15, 0.2) is 6.10 Å². The first-order chi connectivity index (χ1) is 11.2. The summed E-state index contributed by atoms with van der Waals surface area (Å²) >= 11 is 0. The maximum absolute atomic E-state index is 11.3. The number of amides is 1. The minimum absolute atomic E-state index is 0.118. The molecule has 1 amide bonds. The van der Waals surface area contributed by atoms with Gasteiger partial charge >= 0.3 is 5.97 Å². The van der Waals surface area contributed by atoms with Crippen molar-refractivity contribution in [2.45, 2.75) is 44.6 Å². The standard InChI is InChI=1S/C15H19NO8/c1-6-3-4-9(8(5-6)16-7(2)17)23-15-12(20)10(18)11(19)13(24-15)14(21)22/h3-5,10-13,15,18-20H,1-2H3,(H,16,17)(H,21,22)/t10-,11-,12+,13-,15+/m0/s1. The Morgan fingerprint density at radius 1 is 1.17 bits per heavy atom. The molecule has 5 N–H and O–H groups in total. The van der Waals surface area contributed by atoms with Gasteiger partial charge in [-0.2, -0.15) is 0 Å². The molecular formula is C15H19NO8. The van der Waals surface area contributed by atoms with Crippen molar-refractivity contribution in [2.75, 3.05) is 5.32 Å². The normalized spacial score (nSPS) is 29.8. The molecule has 9 nitrogen and oxygen atoms in total. The maximum Gasteiger partial charge on any atom is 0.335 e. The molecule has 5 atom stereocenters. The van der Waals surface area contributed by atoms with Crippen LogP contribution in [0.5, 0.6) is 5.75 Å². The van der Waals surface area contributed by atoms with E-state index in [9.17, 15) is 24.9 Å². The molecule has 0 radical (unpaired) electrons. The van der Waals surface area contributed by atoms with Gasteiger partial charge in [0.2, 0.25) is 12.2 Å². The second-order valence-corrected chi connectivity index (χ2v) is 5.53. The van der Waals surface area contributed by atoms with Crippen molar-refractivity contribution >= 4 is 17.6 Å². The molecule has 132 valence electrons. The van der Waals surface area contributed by atoms with Crippen molar-refractivity contribution in [3.8, 4) is 5.75 Å². The lowest BCUT2D eigenvalue weighted by atomic mass is 9.99. The van der Waals surface area contributed by atoms with Crippen molar-refractivity contribution in [1.29, 1.82) is 0 Å². The first-order valence-electron chi connectivity index (χ1n) is 7.18. The van der Waals surface area contributed by atoms with Crippen LogP contribution < -0.4 is 10.1 Å². The van der Waals surface area contributed by atoms with Crippen LogP contribution in [0.1, 0.15) is 12.5 Å². The Morgan fingerprint density at radius 3 is 2.42 bits per heavy atom. The van der Waals surface area contributed by atoms with E-state index in [2.05, 4.69) is 5.32 Å². The summed E-state index contributed by atoms with van der Waals surface area (Å²) in [5.41, 5.74) is 1.13. The van der Waals surface area contributed by atoms with Crippen LogP contribution in [0.25, 0.3) is 0 Å². The summed E-state index contributed by atoms with van der Waals surface area (Å²) in [6, 6.07) is 4.80. The predicted octanol–water partition coefficient (Wildman–Crippen LogP) is -0.776. The molecule has 2 rings (SSSR count). The number of aliphatic hydroxyl groups is 3. The number of benzene rings is 1. The molecule has 0 unspecified atom stereocenters. The Hall–Kier alpha value is -2.20. The first-order valence-corrected chi connectivity index (χ1v) is 7.18. The van der Waals surface area contributed by atoms with E-state index < -0.39 is 36.7 Å². The van der Waals surface area contributed by atoms with Crippen molar-refractivity contribution < 1.29 is 39.5 Å². The number of nitrogens with one attached hydrogen (secondary N) is 1. The molecule has 1 aliphatic heterocycles. The van der Waals surface area contributed by atoms with Gasteiger partial charge in [0.25, 0.3) is 0 Å². The number of anilines is 1. The lowest BCUT2D eigenvalue weighted by Gasteiger charge is -2.38. The molecule has 1 aromatic rings. The smallest absolute Gasteiger partial charge is 0.335 e. The highest BCUT2D eigenvalue weighted by molar-refractivity contribution is 5.90. The molecule has 9 heteroatoms. The SMILES string of the molecule is CC(=O)Nc1cc(C)ccc1O[C@@H]1O[C@H](C(=O)O)[C@@H](O)[C@H](O)[C@H]1O. The Labute approximate surface area is 137 Å². The van der Waals surface area contributed by atoms with Crippen LogP contribution in [0.2, 0.25) is 0 Å². The molecule has 1 aliphatic rings. The minimum atomic E-state index is -1.80. The number of aliphatic carboxylic acids is 1. The average molecular weight is 341 g/mol. The van der Waals surface area contributed by atoms with Crippen molar-refractivity contribution in [3.63, 3.8) is 0 Å². The molecule has 0 bridgehead atoms. The summed E-state index contributed by atoms with van der Waals surface area (Å²) in [4.78, 5) is 22.4. The maximum atomic E-state index is 11.3. The molecule has 1 aromatic carbocycles. The first kappa shape index (κ1) is 18.1. The van der Waals surface area contributed by atoms with Crippen molar-refractivity contribution in [2.24, 2.45) is 0 Å². The molecule has 1 saturated heterocycles. The number of carboxylic acids is 1. The van der Waals surface area contributed by atoms with Gasteiger partial charge in [-0.3, -0.25) is 4.79 Å². The van der Waals surface area contributed by atoms with E-state index in [0.717, 1.165) is 5.56 Å². The van der Waals surface area contributed by atoms with Crippen LogP contribution in [0.3, 0.4) is 0 Å². The fourth-order valence-electron chi connectivity index (χ4n) is 2.31. The number of carbonyl (C=O) groups is 2. The van der Waals surface area contributed by atoms with E-state index in [1.807, 2.05) is 0 Å². The minimum Gasteiger partial charge on any atom is -0.479 e. The lowest BCUT2D eigenvalue weighted by Crippen LogP contribution is -2.61. The van der Waals surface area contributed by atoms with Crippen LogP contribution in [-0.2, 0) is 14.3 Å². The predicted molar refractivity (Wildman–Crippen MR) is 80.4 cm³/mol. The zero-order chi connectivity index (χ0) is 18.0. The zero-order valence-corrected chi connectivity index (χ0v) is 13.0. The van der Waals surface area contributed by atoms with Crippen molar-refractivity contribution in [1.82, 2.24) is 0 Å². The van der Waals surface area contributed by atoms with E-state index in [-0.39, 0.29) is 11.7 Å². The summed E-state index contributed by atoms with van der Waals surface area (Å²) in [7, 11) is 0. The van der Waals surface area contributed by atoms with Crippen molar-refractivity contribution in [3.05, 3.63) is 23.8 Å². The average Bonchev–Trinajstić information content (AvgIpc) is 2.49. The number of carboxylic acid groups (broad SMARTS) is 1.